The maximum Gasteiger partial charge on any atom is 0.272 e. The molecule has 1 aromatic heterocycles. The van der Waals surface area contributed by atoms with Crippen molar-refractivity contribution in [3.63, 3.8) is 0 Å². The second-order valence-electron chi connectivity index (χ2n) is 4.92. The van der Waals surface area contributed by atoms with E-state index in [-0.39, 0.29) is 18.4 Å². The highest BCUT2D eigenvalue weighted by Gasteiger charge is 2.27. The van der Waals surface area contributed by atoms with Crippen molar-refractivity contribution in [2.24, 2.45) is 5.92 Å². The third kappa shape index (κ3) is 3.44. The van der Waals surface area contributed by atoms with Gasteiger partial charge in [-0.25, -0.2) is 4.98 Å². The highest BCUT2D eigenvalue weighted by atomic mass is 16.3. The van der Waals surface area contributed by atoms with Crippen molar-refractivity contribution in [2.45, 2.75) is 19.8 Å². The van der Waals surface area contributed by atoms with Gasteiger partial charge in [-0.2, -0.15) is 0 Å². The van der Waals surface area contributed by atoms with E-state index >= 15 is 0 Å². The molecule has 0 radical (unpaired) electrons. The number of aromatic nitrogens is 1. The van der Waals surface area contributed by atoms with Crippen molar-refractivity contribution >= 4 is 11.7 Å². The Morgan fingerprint density at radius 3 is 3.11 bits per heavy atom. The number of nitrogens with one attached hydrogen (secondary N) is 1. The topological polar surface area (TPSA) is 65.5 Å². The SMILES string of the molecule is CCCNc1cccc(C(=O)N2CCC(CO)C2)n1. The molecular formula is C14H21N3O2. The summed E-state index contributed by atoms with van der Waals surface area (Å²) < 4.78 is 0. The van der Waals surface area contributed by atoms with Crippen LogP contribution >= 0.6 is 0 Å². The average molecular weight is 263 g/mol. The number of hydrogen-bond acceptors (Lipinski definition) is 4. The van der Waals surface area contributed by atoms with E-state index in [4.69, 9.17) is 5.11 Å². The van der Waals surface area contributed by atoms with Gasteiger partial charge in [0.1, 0.15) is 11.5 Å². The lowest BCUT2D eigenvalue weighted by atomic mass is 10.1. The molecule has 1 amide bonds. The van der Waals surface area contributed by atoms with Gasteiger partial charge >= 0.3 is 0 Å². The molecule has 1 aliphatic heterocycles. The Kier molecular flexibility index (Phi) is 4.74. The summed E-state index contributed by atoms with van der Waals surface area (Å²) in [6.45, 7) is 4.42. The molecule has 0 spiro atoms. The van der Waals surface area contributed by atoms with Gasteiger partial charge in [0.25, 0.3) is 5.91 Å². The summed E-state index contributed by atoms with van der Waals surface area (Å²) in [5.74, 6) is 0.909. The van der Waals surface area contributed by atoms with Crippen LogP contribution in [0.3, 0.4) is 0 Å². The number of aliphatic hydroxyl groups excluding tert-OH is 1. The summed E-state index contributed by atoms with van der Waals surface area (Å²) in [5, 5.41) is 12.3. The van der Waals surface area contributed by atoms with Crippen LogP contribution in [0.4, 0.5) is 5.82 Å². The average Bonchev–Trinajstić information content (AvgIpc) is 2.93. The van der Waals surface area contributed by atoms with Crippen LogP contribution in [0.2, 0.25) is 0 Å². The zero-order valence-corrected chi connectivity index (χ0v) is 11.3. The molecule has 2 heterocycles. The van der Waals surface area contributed by atoms with E-state index in [2.05, 4.69) is 17.2 Å². The number of hydrogen-bond donors (Lipinski definition) is 2. The van der Waals surface area contributed by atoms with E-state index in [1.165, 1.54) is 0 Å². The number of pyridine rings is 1. The summed E-state index contributed by atoms with van der Waals surface area (Å²) >= 11 is 0. The zero-order valence-electron chi connectivity index (χ0n) is 11.3. The molecule has 0 saturated carbocycles. The number of rotatable bonds is 5. The molecule has 0 aliphatic carbocycles. The molecule has 1 aliphatic rings. The molecule has 19 heavy (non-hydrogen) atoms. The maximum absolute atomic E-state index is 12.3. The Hall–Kier alpha value is -1.62. The van der Waals surface area contributed by atoms with Gasteiger partial charge in [0, 0.05) is 32.2 Å². The van der Waals surface area contributed by atoms with E-state index in [0.717, 1.165) is 25.2 Å². The predicted octanol–water partition coefficient (Wildman–Crippen LogP) is 1.36. The molecule has 5 heteroatoms. The monoisotopic (exact) mass is 263 g/mol. The molecular weight excluding hydrogens is 242 g/mol. The molecule has 0 aromatic carbocycles. The molecule has 104 valence electrons. The van der Waals surface area contributed by atoms with Crippen LogP contribution in [-0.4, -0.2) is 47.1 Å². The van der Waals surface area contributed by atoms with Crippen LogP contribution < -0.4 is 5.32 Å². The normalized spacial score (nSPS) is 18.6. The summed E-state index contributed by atoms with van der Waals surface area (Å²) in [6, 6.07) is 5.45. The predicted molar refractivity (Wildman–Crippen MR) is 74.1 cm³/mol. The van der Waals surface area contributed by atoms with Crippen LogP contribution in [0.5, 0.6) is 0 Å². The maximum atomic E-state index is 12.3. The Labute approximate surface area is 113 Å². The Balaban J connectivity index is 2.02. The summed E-state index contributed by atoms with van der Waals surface area (Å²) in [5.41, 5.74) is 0.472. The van der Waals surface area contributed by atoms with Gasteiger partial charge in [-0.15, -0.1) is 0 Å². The van der Waals surface area contributed by atoms with Crippen molar-refractivity contribution in [1.29, 1.82) is 0 Å². The fourth-order valence-electron chi connectivity index (χ4n) is 2.23. The number of carbonyl (C=O) groups excluding carboxylic acids is 1. The molecule has 2 rings (SSSR count). The van der Waals surface area contributed by atoms with Crippen molar-refractivity contribution < 1.29 is 9.90 Å². The minimum Gasteiger partial charge on any atom is -0.396 e. The number of likely N-dealkylation sites (tertiary alicyclic amines) is 1. The Bertz CT molecular complexity index is 436. The first-order valence-electron chi connectivity index (χ1n) is 6.85. The van der Waals surface area contributed by atoms with Crippen molar-refractivity contribution in [3.8, 4) is 0 Å². The van der Waals surface area contributed by atoms with E-state index in [9.17, 15) is 4.79 Å². The molecule has 1 aromatic rings. The van der Waals surface area contributed by atoms with Crippen molar-refractivity contribution in [1.82, 2.24) is 9.88 Å². The Morgan fingerprint density at radius 1 is 1.58 bits per heavy atom. The lowest BCUT2D eigenvalue weighted by Crippen LogP contribution is -2.30. The minimum atomic E-state index is -0.0453. The second kappa shape index (κ2) is 6.52. The largest absolute Gasteiger partial charge is 0.396 e. The lowest BCUT2D eigenvalue weighted by Gasteiger charge is -2.16. The van der Waals surface area contributed by atoms with Gasteiger partial charge in [0.2, 0.25) is 0 Å². The lowest BCUT2D eigenvalue weighted by molar-refractivity contribution is 0.0776. The van der Waals surface area contributed by atoms with Crippen LogP contribution in [0.25, 0.3) is 0 Å². The highest BCUT2D eigenvalue weighted by Crippen LogP contribution is 2.18. The van der Waals surface area contributed by atoms with Crippen LogP contribution in [0.1, 0.15) is 30.3 Å². The Morgan fingerprint density at radius 2 is 2.42 bits per heavy atom. The molecule has 0 bridgehead atoms. The van der Waals surface area contributed by atoms with Gasteiger partial charge in [0.15, 0.2) is 0 Å². The molecule has 5 nitrogen and oxygen atoms in total. The zero-order chi connectivity index (χ0) is 13.7. The van der Waals surface area contributed by atoms with Crippen molar-refractivity contribution in [2.75, 3.05) is 31.6 Å². The van der Waals surface area contributed by atoms with Crippen LogP contribution in [-0.2, 0) is 0 Å². The third-order valence-electron chi connectivity index (χ3n) is 3.36. The molecule has 1 saturated heterocycles. The summed E-state index contributed by atoms with van der Waals surface area (Å²) in [7, 11) is 0. The second-order valence-corrected chi connectivity index (χ2v) is 4.92. The van der Waals surface area contributed by atoms with Gasteiger partial charge in [-0.05, 0) is 25.0 Å². The molecule has 1 fully saturated rings. The highest BCUT2D eigenvalue weighted by molar-refractivity contribution is 5.92. The fourth-order valence-corrected chi connectivity index (χ4v) is 2.23. The fraction of sp³-hybridized carbons (Fsp3) is 0.571. The van der Waals surface area contributed by atoms with E-state index in [1.54, 1.807) is 11.0 Å². The number of anilines is 1. The van der Waals surface area contributed by atoms with Crippen LogP contribution in [0, 0.1) is 5.92 Å². The van der Waals surface area contributed by atoms with Gasteiger partial charge in [-0.3, -0.25) is 4.79 Å². The van der Waals surface area contributed by atoms with E-state index < -0.39 is 0 Å². The number of aliphatic hydroxyl groups is 1. The van der Waals surface area contributed by atoms with Gasteiger partial charge in [0.05, 0.1) is 0 Å². The molecule has 1 atom stereocenters. The van der Waals surface area contributed by atoms with E-state index in [1.807, 2.05) is 12.1 Å². The van der Waals surface area contributed by atoms with E-state index in [0.29, 0.717) is 18.8 Å². The number of nitrogens with zero attached hydrogens (tertiary/aromatic N) is 2. The van der Waals surface area contributed by atoms with Crippen molar-refractivity contribution in [3.05, 3.63) is 23.9 Å². The first-order valence-corrected chi connectivity index (χ1v) is 6.85. The summed E-state index contributed by atoms with van der Waals surface area (Å²) in [6.07, 6.45) is 1.89. The molecule has 1 unspecified atom stereocenters. The van der Waals surface area contributed by atoms with Gasteiger partial charge in [-0.1, -0.05) is 13.0 Å². The number of amides is 1. The smallest absolute Gasteiger partial charge is 0.272 e. The minimum absolute atomic E-state index is 0.0453. The standard InChI is InChI=1S/C14H21N3O2/c1-2-7-15-13-5-3-4-12(16-13)14(19)17-8-6-11(9-17)10-18/h3-5,11,18H,2,6-10H2,1H3,(H,15,16). The van der Waals surface area contributed by atoms with Gasteiger partial charge < -0.3 is 15.3 Å². The quantitative estimate of drug-likeness (QED) is 0.842. The first kappa shape index (κ1) is 13.8. The number of carbonyl (C=O) groups is 1. The first-order chi connectivity index (χ1) is 9.24. The molecule has 2 N–H and O–H groups in total. The third-order valence-corrected chi connectivity index (χ3v) is 3.36. The summed E-state index contributed by atoms with van der Waals surface area (Å²) in [4.78, 5) is 18.4. The van der Waals surface area contributed by atoms with Crippen LogP contribution in [0.15, 0.2) is 18.2 Å².